The molecule has 0 bridgehead atoms. The van der Waals surface area contributed by atoms with Gasteiger partial charge in [-0.05, 0) is 49.4 Å². The van der Waals surface area contributed by atoms with E-state index in [1.807, 2.05) is 0 Å². The van der Waals surface area contributed by atoms with E-state index in [2.05, 4.69) is 35.3 Å². The van der Waals surface area contributed by atoms with Gasteiger partial charge < -0.3 is 5.32 Å². The third kappa shape index (κ3) is 2.94. The van der Waals surface area contributed by atoms with Gasteiger partial charge in [0.25, 0.3) is 0 Å². The molecule has 1 fully saturated rings. The molecule has 1 aromatic carbocycles. The summed E-state index contributed by atoms with van der Waals surface area (Å²) in [5, 5.41) is 3.56. The van der Waals surface area contributed by atoms with Crippen molar-refractivity contribution in [2.45, 2.75) is 45.6 Å². The highest BCUT2D eigenvalue weighted by molar-refractivity contribution is 5.61. The van der Waals surface area contributed by atoms with Gasteiger partial charge in [0.05, 0.1) is 0 Å². The largest absolute Gasteiger partial charge is 0.384 e. The number of rotatable bonds is 4. The summed E-state index contributed by atoms with van der Waals surface area (Å²) in [6.45, 7) is 7.13. The molecule has 2 heteroatoms. The Kier molecular flexibility index (Phi) is 4.07. The monoisotopic (exact) mass is 258 g/mol. The number of para-hydroxylation sites is 1. The number of fused-ring (bicyclic) bond motifs is 1. The highest BCUT2D eigenvalue weighted by Gasteiger charge is 2.20. The van der Waals surface area contributed by atoms with Crippen LogP contribution in [0.5, 0.6) is 0 Å². The van der Waals surface area contributed by atoms with Gasteiger partial charge in [0.2, 0.25) is 0 Å². The number of benzene rings is 1. The molecule has 0 aliphatic carbocycles. The van der Waals surface area contributed by atoms with Crippen molar-refractivity contribution in [1.29, 1.82) is 0 Å². The van der Waals surface area contributed by atoms with E-state index in [4.69, 9.17) is 0 Å². The molecule has 1 aromatic rings. The first-order valence-corrected chi connectivity index (χ1v) is 7.94. The van der Waals surface area contributed by atoms with Gasteiger partial charge in [-0.15, -0.1) is 0 Å². The molecule has 2 aliphatic rings. The first-order chi connectivity index (χ1) is 9.36. The highest BCUT2D eigenvalue weighted by atomic mass is 15.1. The number of anilines is 1. The van der Waals surface area contributed by atoms with E-state index in [9.17, 15) is 0 Å². The number of likely N-dealkylation sites (tertiary alicyclic amines) is 1. The Morgan fingerprint density at radius 2 is 2.11 bits per heavy atom. The zero-order valence-electron chi connectivity index (χ0n) is 12.1. The SMILES string of the molecule is CCCC1CCN(Cc2cccc3c2NCC3)CC1. The summed E-state index contributed by atoms with van der Waals surface area (Å²) >= 11 is 0. The van der Waals surface area contributed by atoms with Crippen LogP contribution >= 0.6 is 0 Å². The van der Waals surface area contributed by atoms with Gasteiger partial charge in [-0.1, -0.05) is 38.0 Å². The molecular weight excluding hydrogens is 232 g/mol. The van der Waals surface area contributed by atoms with Crippen molar-refractivity contribution in [3.05, 3.63) is 29.3 Å². The van der Waals surface area contributed by atoms with Crippen LogP contribution in [0.3, 0.4) is 0 Å². The van der Waals surface area contributed by atoms with Crippen LogP contribution in [0.15, 0.2) is 18.2 Å². The van der Waals surface area contributed by atoms with Crippen LogP contribution in [-0.2, 0) is 13.0 Å². The molecular formula is C17H26N2. The average Bonchev–Trinajstić information content (AvgIpc) is 2.91. The van der Waals surface area contributed by atoms with Gasteiger partial charge in [0.15, 0.2) is 0 Å². The minimum atomic E-state index is 0.987. The second-order valence-electron chi connectivity index (χ2n) is 6.14. The standard InChI is InChI=1S/C17H26N2/c1-2-4-14-8-11-19(12-9-14)13-16-6-3-5-15-7-10-18-17(15)16/h3,5-6,14,18H,2,4,7-13H2,1H3. The molecule has 1 saturated heterocycles. The molecule has 2 heterocycles. The van der Waals surface area contributed by atoms with E-state index < -0.39 is 0 Å². The predicted molar refractivity (Wildman–Crippen MR) is 81.5 cm³/mol. The van der Waals surface area contributed by atoms with E-state index in [1.165, 1.54) is 62.0 Å². The van der Waals surface area contributed by atoms with Crippen LogP contribution in [0.25, 0.3) is 0 Å². The lowest BCUT2D eigenvalue weighted by atomic mass is 9.92. The first-order valence-electron chi connectivity index (χ1n) is 7.94. The van der Waals surface area contributed by atoms with Crippen LogP contribution in [0.4, 0.5) is 5.69 Å². The molecule has 1 N–H and O–H groups in total. The summed E-state index contributed by atoms with van der Waals surface area (Å²) in [6.07, 6.45) is 6.77. The second-order valence-corrected chi connectivity index (χ2v) is 6.14. The lowest BCUT2D eigenvalue weighted by Crippen LogP contribution is -2.33. The zero-order chi connectivity index (χ0) is 13.1. The normalized spacial score (nSPS) is 20.3. The van der Waals surface area contributed by atoms with Crippen LogP contribution in [0.1, 0.15) is 43.7 Å². The fraction of sp³-hybridized carbons (Fsp3) is 0.647. The lowest BCUT2D eigenvalue weighted by Gasteiger charge is -2.32. The minimum absolute atomic E-state index is 0.987. The first kappa shape index (κ1) is 13.0. The lowest BCUT2D eigenvalue weighted by molar-refractivity contribution is 0.172. The van der Waals surface area contributed by atoms with E-state index >= 15 is 0 Å². The molecule has 0 aromatic heterocycles. The number of hydrogen-bond donors (Lipinski definition) is 1. The van der Waals surface area contributed by atoms with E-state index in [0.717, 1.165) is 19.0 Å². The molecule has 0 amide bonds. The average molecular weight is 258 g/mol. The van der Waals surface area contributed by atoms with Crippen molar-refractivity contribution in [3.63, 3.8) is 0 Å². The molecule has 2 aliphatic heterocycles. The maximum atomic E-state index is 3.56. The summed E-state index contributed by atoms with van der Waals surface area (Å²) in [7, 11) is 0. The van der Waals surface area contributed by atoms with Crippen molar-refractivity contribution < 1.29 is 0 Å². The molecule has 0 unspecified atom stereocenters. The Morgan fingerprint density at radius 1 is 1.26 bits per heavy atom. The summed E-state index contributed by atoms with van der Waals surface area (Å²) in [5.74, 6) is 0.987. The van der Waals surface area contributed by atoms with Gasteiger partial charge >= 0.3 is 0 Å². The predicted octanol–water partition coefficient (Wildman–Crippen LogP) is 3.67. The van der Waals surface area contributed by atoms with Crippen molar-refractivity contribution in [1.82, 2.24) is 4.90 Å². The Hall–Kier alpha value is -1.02. The smallest absolute Gasteiger partial charge is 0.0419 e. The molecule has 0 radical (unpaired) electrons. The molecule has 0 atom stereocenters. The van der Waals surface area contributed by atoms with Crippen molar-refractivity contribution >= 4 is 5.69 Å². The number of nitrogens with zero attached hydrogens (tertiary/aromatic N) is 1. The summed E-state index contributed by atoms with van der Waals surface area (Å²) < 4.78 is 0. The van der Waals surface area contributed by atoms with Crippen molar-refractivity contribution in [3.8, 4) is 0 Å². The van der Waals surface area contributed by atoms with E-state index in [0.29, 0.717) is 0 Å². The second kappa shape index (κ2) is 5.96. The summed E-state index contributed by atoms with van der Waals surface area (Å²) in [5.41, 5.74) is 4.44. The molecule has 0 spiro atoms. The van der Waals surface area contributed by atoms with Gasteiger partial charge in [0, 0.05) is 18.8 Å². The Balaban J connectivity index is 1.60. The Morgan fingerprint density at radius 3 is 2.89 bits per heavy atom. The number of piperidine rings is 1. The minimum Gasteiger partial charge on any atom is -0.384 e. The van der Waals surface area contributed by atoms with Crippen LogP contribution in [0.2, 0.25) is 0 Å². The molecule has 19 heavy (non-hydrogen) atoms. The van der Waals surface area contributed by atoms with Crippen molar-refractivity contribution in [2.24, 2.45) is 5.92 Å². The maximum Gasteiger partial charge on any atom is 0.0419 e. The Bertz CT molecular complexity index is 419. The zero-order valence-corrected chi connectivity index (χ0v) is 12.1. The van der Waals surface area contributed by atoms with Crippen molar-refractivity contribution in [2.75, 3.05) is 25.0 Å². The van der Waals surface area contributed by atoms with Gasteiger partial charge in [0.1, 0.15) is 0 Å². The quantitative estimate of drug-likeness (QED) is 0.886. The summed E-state index contributed by atoms with van der Waals surface area (Å²) in [4.78, 5) is 2.64. The van der Waals surface area contributed by atoms with E-state index in [1.54, 1.807) is 0 Å². The number of nitrogens with one attached hydrogen (secondary N) is 1. The van der Waals surface area contributed by atoms with Gasteiger partial charge in [-0.3, -0.25) is 4.90 Å². The van der Waals surface area contributed by atoms with Gasteiger partial charge in [-0.25, -0.2) is 0 Å². The molecule has 2 nitrogen and oxygen atoms in total. The topological polar surface area (TPSA) is 15.3 Å². The molecule has 0 saturated carbocycles. The highest BCUT2D eigenvalue weighted by Crippen LogP contribution is 2.29. The maximum absolute atomic E-state index is 3.56. The Labute approximate surface area is 117 Å². The fourth-order valence-corrected chi connectivity index (χ4v) is 3.63. The third-order valence-electron chi connectivity index (χ3n) is 4.73. The van der Waals surface area contributed by atoms with Crippen LogP contribution in [0, 0.1) is 5.92 Å². The molecule has 3 rings (SSSR count). The van der Waals surface area contributed by atoms with Gasteiger partial charge in [-0.2, -0.15) is 0 Å². The number of hydrogen-bond acceptors (Lipinski definition) is 2. The van der Waals surface area contributed by atoms with Crippen LogP contribution in [-0.4, -0.2) is 24.5 Å². The molecule has 104 valence electrons. The summed E-state index contributed by atoms with van der Waals surface area (Å²) in [6, 6.07) is 6.80. The third-order valence-corrected chi connectivity index (χ3v) is 4.73. The van der Waals surface area contributed by atoms with Crippen LogP contribution < -0.4 is 5.32 Å². The fourth-order valence-electron chi connectivity index (χ4n) is 3.63. The van der Waals surface area contributed by atoms with E-state index in [-0.39, 0.29) is 0 Å².